The van der Waals surface area contributed by atoms with Crippen LogP contribution in [-0.4, -0.2) is 21.5 Å². The summed E-state index contributed by atoms with van der Waals surface area (Å²) < 4.78 is 0. The average Bonchev–Trinajstić information content (AvgIpc) is 2.80. The van der Waals surface area contributed by atoms with E-state index in [2.05, 4.69) is 38.8 Å². The van der Waals surface area contributed by atoms with Crippen molar-refractivity contribution >= 4 is 11.8 Å². The highest BCUT2D eigenvalue weighted by atomic mass is 15.1. The number of hydrogen-bond donors (Lipinski definition) is 2. The van der Waals surface area contributed by atoms with Crippen LogP contribution >= 0.6 is 0 Å². The Balaban J connectivity index is 1.48. The number of hydrogen-bond acceptors (Lipinski definition) is 5. The molecule has 5 nitrogen and oxygen atoms in total. The van der Waals surface area contributed by atoms with Gasteiger partial charge in [-0.05, 0) is 43.7 Å². The minimum Gasteiger partial charge on any atom is -0.370 e. The summed E-state index contributed by atoms with van der Waals surface area (Å²) >= 11 is 0. The highest BCUT2D eigenvalue weighted by molar-refractivity contribution is 5.64. The first-order valence-corrected chi connectivity index (χ1v) is 10.4. The van der Waals surface area contributed by atoms with Crippen LogP contribution in [0.5, 0.6) is 0 Å². The van der Waals surface area contributed by atoms with Crippen molar-refractivity contribution in [3.63, 3.8) is 0 Å². The quantitative estimate of drug-likeness (QED) is 0.505. The zero-order valence-corrected chi connectivity index (χ0v) is 16.6. The fourth-order valence-electron chi connectivity index (χ4n) is 3.54. The van der Waals surface area contributed by atoms with E-state index in [1.165, 1.54) is 25.7 Å². The average molecular weight is 386 g/mol. The van der Waals surface area contributed by atoms with Gasteiger partial charge in [0.25, 0.3) is 0 Å². The molecule has 148 valence electrons. The molecule has 0 saturated heterocycles. The molecule has 0 bridgehead atoms. The van der Waals surface area contributed by atoms with Crippen LogP contribution in [0.1, 0.15) is 37.7 Å². The molecule has 0 saturated carbocycles. The van der Waals surface area contributed by atoms with Gasteiger partial charge in [-0.25, -0.2) is 4.98 Å². The molecule has 1 aliphatic carbocycles. The summed E-state index contributed by atoms with van der Waals surface area (Å²) in [6, 6.07) is 16.2. The molecule has 4 rings (SSSR count). The minimum absolute atomic E-state index is 0.620. The SMILES string of the molecule is C1=C(CCNc2cc(-c3ccccc3)nc(NCc3cccnc3)n2)CCCC1. The largest absolute Gasteiger partial charge is 0.370 e. The number of nitrogens with zero attached hydrogens (tertiary/aromatic N) is 3. The number of aromatic nitrogens is 3. The predicted octanol–water partition coefficient (Wildman–Crippen LogP) is 5.45. The van der Waals surface area contributed by atoms with Crippen LogP contribution < -0.4 is 10.6 Å². The molecule has 0 unspecified atom stereocenters. The monoisotopic (exact) mass is 385 g/mol. The van der Waals surface area contributed by atoms with Gasteiger partial charge in [0.2, 0.25) is 5.95 Å². The Labute approximate surface area is 172 Å². The van der Waals surface area contributed by atoms with Gasteiger partial charge in [-0.15, -0.1) is 0 Å². The Morgan fingerprint density at radius 1 is 0.931 bits per heavy atom. The molecule has 0 radical (unpaired) electrons. The van der Waals surface area contributed by atoms with E-state index in [1.54, 1.807) is 11.8 Å². The maximum atomic E-state index is 4.72. The molecular formula is C24H27N5. The Hall–Kier alpha value is -3.21. The van der Waals surface area contributed by atoms with E-state index < -0.39 is 0 Å². The van der Waals surface area contributed by atoms with Gasteiger partial charge in [-0.2, -0.15) is 4.98 Å². The molecule has 29 heavy (non-hydrogen) atoms. The van der Waals surface area contributed by atoms with E-state index in [0.29, 0.717) is 12.5 Å². The lowest BCUT2D eigenvalue weighted by molar-refractivity contribution is 0.679. The van der Waals surface area contributed by atoms with Crippen LogP contribution in [0, 0.1) is 0 Å². The van der Waals surface area contributed by atoms with Gasteiger partial charge in [-0.1, -0.05) is 48.0 Å². The number of benzene rings is 1. The van der Waals surface area contributed by atoms with Gasteiger partial charge in [0.15, 0.2) is 0 Å². The maximum absolute atomic E-state index is 4.72. The molecule has 3 aromatic rings. The van der Waals surface area contributed by atoms with Crippen molar-refractivity contribution in [1.82, 2.24) is 15.0 Å². The first kappa shape index (κ1) is 19.1. The van der Waals surface area contributed by atoms with E-state index in [4.69, 9.17) is 4.98 Å². The summed E-state index contributed by atoms with van der Waals surface area (Å²) in [4.78, 5) is 13.6. The predicted molar refractivity (Wildman–Crippen MR) is 119 cm³/mol. The van der Waals surface area contributed by atoms with Crippen LogP contribution in [0.2, 0.25) is 0 Å². The number of allylic oxidation sites excluding steroid dienone is 1. The van der Waals surface area contributed by atoms with Crippen molar-refractivity contribution in [2.75, 3.05) is 17.2 Å². The Bertz CT molecular complexity index is 938. The van der Waals surface area contributed by atoms with E-state index in [1.807, 2.05) is 42.6 Å². The summed E-state index contributed by atoms with van der Waals surface area (Å²) in [6.07, 6.45) is 12.2. The van der Waals surface area contributed by atoms with E-state index in [9.17, 15) is 0 Å². The summed E-state index contributed by atoms with van der Waals surface area (Å²) in [7, 11) is 0. The van der Waals surface area contributed by atoms with Crippen molar-refractivity contribution in [2.24, 2.45) is 0 Å². The van der Waals surface area contributed by atoms with Crippen molar-refractivity contribution in [3.8, 4) is 11.3 Å². The molecule has 1 aliphatic rings. The standard InChI is InChI=1S/C24H27N5/c1-3-8-19(9-4-1)13-15-26-23-16-22(21-11-5-2-6-12-21)28-24(29-23)27-18-20-10-7-14-25-17-20/h2,5-8,10-12,14,16-17H,1,3-4,9,13,15,18H2,(H2,26,27,28,29). The van der Waals surface area contributed by atoms with Gasteiger partial charge in [0.1, 0.15) is 5.82 Å². The maximum Gasteiger partial charge on any atom is 0.225 e. The highest BCUT2D eigenvalue weighted by Gasteiger charge is 2.08. The van der Waals surface area contributed by atoms with Crippen LogP contribution in [0.4, 0.5) is 11.8 Å². The lowest BCUT2D eigenvalue weighted by Crippen LogP contribution is -2.09. The van der Waals surface area contributed by atoms with Gasteiger partial charge < -0.3 is 10.6 Å². The van der Waals surface area contributed by atoms with Crippen LogP contribution in [-0.2, 0) is 6.54 Å². The molecular weight excluding hydrogens is 358 g/mol. The van der Waals surface area contributed by atoms with E-state index in [-0.39, 0.29) is 0 Å². The first-order valence-electron chi connectivity index (χ1n) is 10.4. The fourth-order valence-corrected chi connectivity index (χ4v) is 3.54. The van der Waals surface area contributed by atoms with Gasteiger partial charge in [-0.3, -0.25) is 4.98 Å². The smallest absolute Gasteiger partial charge is 0.225 e. The molecule has 1 aromatic carbocycles. The van der Waals surface area contributed by atoms with Crippen LogP contribution in [0.3, 0.4) is 0 Å². The summed E-state index contributed by atoms with van der Waals surface area (Å²) in [5.41, 5.74) is 4.65. The van der Waals surface area contributed by atoms with Crippen LogP contribution in [0.15, 0.2) is 72.6 Å². The second-order valence-corrected chi connectivity index (χ2v) is 7.33. The fraction of sp³-hybridized carbons (Fsp3) is 0.292. The molecule has 5 heteroatoms. The Kier molecular flexibility index (Phi) is 6.48. The molecule has 2 aromatic heterocycles. The van der Waals surface area contributed by atoms with Gasteiger partial charge in [0.05, 0.1) is 5.69 Å². The first-order chi connectivity index (χ1) is 14.4. The molecule has 0 amide bonds. The third-order valence-electron chi connectivity index (χ3n) is 5.11. The van der Waals surface area contributed by atoms with Gasteiger partial charge >= 0.3 is 0 Å². The summed E-state index contributed by atoms with van der Waals surface area (Å²) in [6.45, 7) is 1.53. The van der Waals surface area contributed by atoms with Crippen molar-refractivity contribution in [2.45, 2.75) is 38.6 Å². The van der Waals surface area contributed by atoms with Crippen molar-refractivity contribution < 1.29 is 0 Å². The number of anilines is 2. The minimum atomic E-state index is 0.620. The van der Waals surface area contributed by atoms with Crippen molar-refractivity contribution in [3.05, 3.63) is 78.1 Å². The lowest BCUT2D eigenvalue weighted by Gasteiger charge is -2.14. The van der Waals surface area contributed by atoms with E-state index >= 15 is 0 Å². The van der Waals surface area contributed by atoms with Crippen LogP contribution in [0.25, 0.3) is 11.3 Å². The van der Waals surface area contributed by atoms with E-state index in [0.717, 1.165) is 35.6 Å². The van der Waals surface area contributed by atoms with Crippen molar-refractivity contribution in [1.29, 1.82) is 0 Å². The topological polar surface area (TPSA) is 62.7 Å². The zero-order chi connectivity index (χ0) is 19.7. The number of nitrogens with one attached hydrogen (secondary N) is 2. The second-order valence-electron chi connectivity index (χ2n) is 7.33. The molecule has 2 heterocycles. The normalized spacial score (nSPS) is 13.6. The number of pyridine rings is 1. The highest BCUT2D eigenvalue weighted by Crippen LogP contribution is 2.23. The summed E-state index contributed by atoms with van der Waals surface area (Å²) in [5.74, 6) is 1.47. The lowest BCUT2D eigenvalue weighted by atomic mass is 9.97. The molecule has 0 fully saturated rings. The zero-order valence-electron chi connectivity index (χ0n) is 16.6. The number of rotatable bonds is 8. The molecule has 2 N–H and O–H groups in total. The molecule has 0 aliphatic heterocycles. The molecule has 0 atom stereocenters. The third-order valence-corrected chi connectivity index (χ3v) is 5.11. The Morgan fingerprint density at radius 3 is 2.66 bits per heavy atom. The Morgan fingerprint density at radius 2 is 1.86 bits per heavy atom. The van der Waals surface area contributed by atoms with Gasteiger partial charge in [0, 0.05) is 37.1 Å². The third kappa shape index (κ3) is 5.64. The summed E-state index contributed by atoms with van der Waals surface area (Å²) in [5, 5.41) is 6.83. The second kappa shape index (κ2) is 9.82. The molecule has 0 spiro atoms.